The second-order valence-corrected chi connectivity index (χ2v) is 5.89. The molecule has 1 aromatic rings. The van der Waals surface area contributed by atoms with E-state index < -0.39 is 0 Å². The third kappa shape index (κ3) is 3.81. The molecule has 20 heavy (non-hydrogen) atoms. The molecule has 2 rings (SSSR count). The first-order chi connectivity index (χ1) is 9.60. The molecule has 0 bridgehead atoms. The van der Waals surface area contributed by atoms with Crippen LogP contribution in [-0.4, -0.2) is 41.7 Å². The average Bonchev–Trinajstić information content (AvgIpc) is 2.82. The molecular formula is C16H24N2O2. The number of nitrogens with zero attached hydrogens (tertiary/aromatic N) is 1. The molecule has 4 nitrogen and oxygen atoms in total. The number of carbonyl (C=O) groups excluding carboxylic acids is 1. The average molecular weight is 276 g/mol. The molecule has 1 saturated heterocycles. The molecular weight excluding hydrogens is 252 g/mol. The SMILES string of the molecule is CC(C)NC(=O)C1CN(Cc2ccccc2)CC1CO. The summed E-state index contributed by atoms with van der Waals surface area (Å²) in [5.41, 5.74) is 1.24. The predicted molar refractivity (Wildman–Crippen MR) is 79.1 cm³/mol. The van der Waals surface area contributed by atoms with Gasteiger partial charge in [0.1, 0.15) is 0 Å². The largest absolute Gasteiger partial charge is 0.396 e. The highest BCUT2D eigenvalue weighted by Gasteiger charge is 2.37. The number of nitrogens with one attached hydrogen (secondary N) is 1. The maximum absolute atomic E-state index is 12.2. The number of hydrogen-bond acceptors (Lipinski definition) is 3. The van der Waals surface area contributed by atoms with Crippen LogP contribution < -0.4 is 5.32 Å². The number of likely N-dealkylation sites (tertiary alicyclic amines) is 1. The number of benzene rings is 1. The Morgan fingerprint density at radius 3 is 2.65 bits per heavy atom. The topological polar surface area (TPSA) is 52.6 Å². The van der Waals surface area contributed by atoms with Gasteiger partial charge in [0.15, 0.2) is 0 Å². The first-order valence-corrected chi connectivity index (χ1v) is 7.27. The van der Waals surface area contributed by atoms with Gasteiger partial charge < -0.3 is 10.4 Å². The van der Waals surface area contributed by atoms with Crippen LogP contribution >= 0.6 is 0 Å². The lowest BCUT2D eigenvalue weighted by atomic mass is 9.96. The Morgan fingerprint density at radius 2 is 2.05 bits per heavy atom. The molecule has 0 saturated carbocycles. The van der Waals surface area contributed by atoms with E-state index in [1.165, 1.54) is 5.56 Å². The molecule has 1 fully saturated rings. The van der Waals surface area contributed by atoms with Gasteiger partial charge in [0.05, 0.1) is 5.92 Å². The minimum absolute atomic E-state index is 0.0393. The zero-order valence-corrected chi connectivity index (χ0v) is 12.2. The van der Waals surface area contributed by atoms with Crippen molar-refractivity contribution in [1.82, 2.24) is 10.2 Å². The van der Waals surface area contributed by atoms with Gasteiger partial charge in [0, 0.05) is 38.2 Å². The fourth-order valence-corrected chi connectivity index (χ4v) is 2.80. The molecule has 110 valence electrons. The van der Waals surface area contributed by atoms with Gasteiger partial charge in [-0.3, -0.25) is 9.69 Å². The summed E-state index contributed by atoms with van der Waals surface area (Å²) in [6.07, 6.45) is 0. The van der Waals surface area contributed by atoms with E-state index in [1.54, 1.807) is 0 Å². The molecule has 0 radical (unpaired) electrons. The summed E-state index contributed by atoms with van der Waals surface area (Å²) in [5.74, 6) is -0.00168. The van der Waals surface area contributed by atoms with E-state index >= 15 is 0 Å². The minimum atomic E-state index is -0.105. The molecule has 1 heterocycles. The second kappa shape index (κ2) is 6.86. The zero-order chi connectivity index (χ0) is 14.5. The van der Waals surface area contributed by atoms with Crippen molar-refractivity contribution in [2.24, 2.45) is 11.8 Å². The number of aliphatic hydroxyl groups is 1. The third-order valence-electron chi connectivity index (χ3n) is 3.77. The van der Waals surface area contributed by atoms with Crippen molar-refractivity contribution in [2.45, 2.75) is 26.4 Å². The molecule has 1 aliphatic heterocycles. The minimum Gasteiger partial charge on any atom is -0.396 e. The molecule has 1 amide bonds. The van der Waals surface area contributed by atoms with Crippen molar-refractivity contribution >= 4 is 5.91 Å². The van der Waals surface area contributed by atoms with Gasteiger partial charge in [-0.25, -0.2) is 0 Å². The van der Waals surface area contributed by atoms with Crippen LogP contribution in [0.3, 0.4) is 0 Å². The standard InChI is InChI=1S/C16H24N2O2/c1-12(2)17-16(20)15-10-18(9-14(15)11-19)8-13-6-4-3-5-7-13/h3-7,12,14-15,19H,8-11H2,1-2H3,(H,17,20). The van der Waals surface area contributed by atoms with Crippen LogP contribution in [-0.2, 0) is 11.3 Å². The Kier molecular flexibility index (Phi) is 5.15. The second-order valence-electron chi connectivity index (χ2n) is 5.89. The molecule has 1 aliphatic rings. The Hall–Kier alpha value is -1.39. The Bertz CT molecular complexity index is 433. The normalized spacial score (nSPS) is 23.2. The summed E-state index contributed by atoms with van der Waals surface area (Å²) < 4.78 is 0. The monoisotopic (exact) mass is 276 g/mol. The molecule has 1 aromatic carbocycles. The summed E-state index contributed by atoms with van der Waals surface area (Å²) >= 11 is 0. The lowest BCUT2D eigenvalue weighted by Crippen LogP contribution is -2.39. The van der Waals surface area contributed by atoms with Crippen molar-refractivity contribution in [2.75, 3.05) is 19.7 Å². The summed E-state index contributed by atoms with van der Waals surface area (Å²) in [7, 11) is 0. The quantitative estimate of drug-likeness (QED) is 0.851. The highest BCUT2D eigenvalue weighted by Crippen LogP contribution is 2.25. The number of hydrogen-bond donors (Lipinski definition) is 2. The van der Waals surface area contributed by atoms with Crippen LogP contribution in [0.25, 0.3) is 0 Å². The fourth-order valence-electron chi connectivity index (χ4n) is 2.80. The van der Waals surface area contributed by atoms with Crippen LogP contribution in [0, 0.1) is 11.8 Å². The van der Waals surface area contributed by atoms with Crippen molar-refractivity contribution in [3.63, 3.8) is 0 Å². The number of aliphatic hydroxyl groups excluding tert-OH is 1. The molecule has 2 unspecified atom stereocenters. The van der Waals surface area contributed by atoms with Crippen molar-refractivity contribution in [3.8, 4) is 0 Å². The molecule has 2 N–H and O–H groups in total. The van der Waals surface area contributed by atoms with Crippen molar-refractivity contribution in [3.05, 3.63) is 35.9 Å². The van der Waals surface area contributed by atoms with Crippen LogP contribution in [0.4, 0.5) is 0 Å². The van der Waals surface area contributed by atoms with Crippen LogP contribution in [0.1, 0.15) is 19.4 Å². The molecule has 0 aliphatic carbocycles. The summed E-state index contributed by atoms with van der Waals surface area (Å²) in [6, 6.07) is 10.4. The van der Waals surface area contributed by atoms with E-state index in [1.807, 2.05) is 32.0 Å². The van der Waals surface area contributed by atoms with E-state index in [2.05, 4.69) is 22.3 Å². The molecule has 2 atom stereocenters. The van der Waals surface area contributed by atoms with Gasteiger partial charge in [0.25, 0.3) is 0 Å². The molecule has 0 aromatic heterocycles. The molecule has 0 spiro atoms. The van der Waals surface area contributed by atoms with E-state index in [0.717, 1.165) is 19.6 Å². The van der Waals surface area contributed by atoms with E-state index in [9.17, 15) is 9.90 Å². The van der Waals surface area contributed by atoms with Gasteiger partial charge in [0.2, 0.25) is 5.91 Å². The van der Waals surface area contributed by atoms with Crippen molar-refractivity contribution < 1.29 is 9.90 Å². The summed E-state index contributed by atoms with van der Waals surface area (Å²) in [6.45, 7) is 6.33. The number of carbonyl (C=O) groups is 1. The lowest BCUT2D eigenvalue weighted by molar-refractivity contribution is -0.126. The van der Waals surface area contributed by atoms with Crippen molar-refractivity contribution in [1.29, 1.82) is 0 Å². The lowest BCUT2D eigenvalue weighted by Gasteiger charge is -2.17. The zero-order valence-electron chi connectivity index (χ0n) is 12.2. The van der Waals surface area contributed by atoms with Gasteiger partial charge in [-0.15, -0.1) is 0 Å². The Balaban J connectivity index is 1.97. The number of amides is 1. The van der Waals surface area contributed by atoms with E-state index in [4.69, 9.17) is 0 Å². The highest BCUT2D eigenvalue weighted by molar-refractivity contribution is 5.79. The fraction of sp³-hybridized carbons (Fsp3) is 0.562. The third-order valence-corrected chi connectivity index (χ3v) is 3.77. The van der Waals surface area contributed by atoms with Gasteiger partial charge >= 0.3 is 0 Å². The maximum Gasteiger partial charge on any atom is 0.225 e. The van der Waals surface area contributed by atoms with Gasteiger partial charge in [-0.2, -0.15) is 0 Å². The van der Waals surface area contributed by atoms with Crippen LogP contribution in [0.2, 0.25) is 0 Å². The Morgan fingerprint density at radius 1 is 1.35 bits per heavy atom. The first kappa shape index (κ1) is 15.0. The highest BCUT2D eigenvalue weighted by atomic mass is 16.3. The van der Waals surface area contributed by atoms with Crippen LogP contribution in [0.15, 0.2) is 30.3 Å². The molecule has 4 heteroatoms. The summed E-state index contributed by atoms with van der Waals surface area (Å²) in [5, 5.41) is 12.5. The predicted octanol–water partition coefficient (Wildman–Crippen LogP) is 1.25. The van der Waals surface area contributed by atoms with Crippen LogP contribution in [0.5, 0.6) is 0 Å². The Labute approximate surface area is 120 Å². The van der Waals surface area contributed by atoms with E-state index in [0.29, 0.717) is 0 Å². The van der Waals surface area contributed by atoms with E-state index in [-0.39, 0.29) is 30.4 Å². The van der Waals surface area contributed by atoms with Gasteiger partial charge in [-0.05, 0) is 19.4 Å². The van der Waals surface area contributed by atoms with Gasteiger partial charge in [-0.1, -0.05) is 30.3 Å². The smallest absolute Gasteiger partial charge is 0.225 e. The maximum atomic E-state index is 12.2. The summed E-state index contributed by atoms with van der Waals surface area (Å²) in [4.78, 5) is 14.4. The first-order valence-electron chi connectivity index (χ1n) is 7.27. The number of rotatable bonds is 5.